The number of hydrogen-bond donors (Lipinski definition) is 1. The molecule has 3 aromatic rings. The van der Waals surface area contributed by atoms with Crippen LogP contribution in [0.1, 0.15) is 38.8 Å². The molecule has 0 aliphatic carbocycles. The van der Waals surface area contributed by atoms with Crippen LogP contribution in [0.2, 0.25) is 0 Å². The summed E-state index contributed by atoms with van der Waals surface area (Å²) in [6.45, 7) is 7.66. The van der Waals surface area contributed by atoms with E-state index in [-0.39, 0.29) is 11.2 Å². The van der Waals surface area contributed by atoms with Crippen molar-refractivity contribution in [2.24, 2.45) is 5.41 Å². The van der Waals surface area contributed by atoms with Gasteiger partial charge >= 0.3 is 21.5 Å². The Labute approximate surface area is 243 Å². The van der Waals surface area contributed by atoms with Crippen molar-refractivity contribution in [3.05, 3.63) is 83.9 Å². The molecule has 4 rings (SSSR count). The quantitative estimate of drug-likeness (QED) is 0.159. The van der Waals surface area contributed by atoms with Gasteiger partial charge in [-0.25, -0.2) is 0 Å². The fourth-order valence-corrected chi connectivity index (χ4v) is 6.64. The summed E-state index contributed by atoms with van der Waals surface area (Å²) in [4.78, 5) is 1.94. The first-order valence-corrected chi connectivity index (χ1v) is 15.4. The minimum Gasteiger partial charge on any atom is -0.483 e. The van der Waals surface area contributed by atoms with Gasteiger partial charge in [-0.15, -0.1) is 0 Å². The first kappa shape index (κ1) is 32.2. The third kappa shape index (κ3) is 6.91. The molecule has 1 N–H and O–H groups in total. The van der Waals surface area contributed by atoms with Crippen molar-refractivity contribution >= 4 is 21.0 Å². The molecule has 6 nitrogen and oxygen atoms in total. The Balaban J connectivity index is 1.67. The van der Waals surface area contributed by atoms with E-state index in [0.717, 1.165) is 29.5 Å². The van der Waals surface area contributed by atoms with Crippen LogP contribution in [0.5, 0.6) is 5.75 Å². The molecule has 13 heteroatoms. The molecule has 0 saturated carbocycles. The number of halogens is 5. The van der Waals surface area contributed by atoms with Gasteiger partial charge in [-0.1, -0.05) is 13.8 Å². The third-order valence-corrected chi connectivity index (χ3v) is 9.95. The molecule has 1 fully saturated rings. The summed E-state index contributed by atoms with van der Waals surface area (Å²) >= 11 is 0. The number of rotatable bonds is 8. The van der Waals surface area contributed by atoms with E-state index in [4.69, 9.17) is 18.8 Å². The average molecular weight is 634 g/mol. The predicted octanol–water partition coefficient (Wildman–Crippen LogP) is 7.29. The van der Waals surface area contributed by atoms with Gasteiger partial charge in [0.2, 0.25) is 0 Å². The van der Waals surface area contributed by atoms with E-state index in [9.17, 15) is 30.4 Å². The second-order valence-electron chi connectivity index (χ2n) is 10.8. The van der Waals surface area contributed by atoms with Crippen LogP contribution >= 0.6 is 0 Å². The van der Waals surface area contributed by atoms with Crippen molar-refractivity contribution in [2.75, 3.05) is 13.2 Å². The van der Waals surface area contributed by atoms with E-state index in [1.54, 1.807) is 12.1 Å². The van der Waals surface area contributed by atoms with Gasteiger partial charge in [-0.05, 0) is 86.6 Å². The molecule has 2 atom stereocenters. The van der Waals surface area contributed by atoms with E-state index in [1.165, 1.54) is 24.3 Å². The highest BCUT2D eigenvalue weighted by Gasteiger charge is 2.51. The van der Waals surface area contributed by atoms with Crippen molar-refractivity contribution < 1.29 is 49.1 Å². The van der Waals surface area contributed by atoms with Crippen molar-refractivity contribution in [3.8, 4) is 5.75 Å². The SMILES string of the molecule is CC(Oc1ccc([S+](c2ccc(C(F)(F)F)cc2)c2ccc(C3(C)OCC(C)(C)CO3)cc2)cc1)C(F)(F)S(=O)(=O)O. The summed E-state index contributed by atoms with van der Waals surface area (Å²) in [6.07, 6.45) is -6.71. The third-order valence-electron chi connectivity index (χ3n) is 6.70. The van der Waals surface area contributed by atoms with Gasteiger partial charge in [0, 0.05) is 11.0 Å². The fraction of sp³-hybridized carbons (Fsp3) is 0.379. The lowest BCUT2D eigenvalue weighted by Crippen LogP contribution is -2.43. The van der Waals surface area contributed by atoms with E-state index < -0.39 is 49.9 Å². The van der Waals surface area contributed by atoms with Gasteiger partial charge in [0.05, 0.1) is 29.7 Å². The maximum atomic E-state index is 13.9. The number of ether oxygens (including phenoxy) is 3. The zero-order valence-electron chi connectivity index (χ0n) is 23.1. The Morgan fingerprint density at radius 3 is 1.67 bits per heavy atom. The summed E-state index contributed by atoms with van der Waals surface area (Å²) in [6, 6.07) is 17.9. The van der Waals surface area contributed by atoms with Crippen LogP contribution in [0.4, 0.5) is 22.0 Å². The zero-order chi connectivity index (χ0) is 31.1. The molecule has 0 amide bonds. The van der Waals surface area contributed by atoms with E-state index in [0.29, 0.717) is 23.0 Å². The lowest BCUT2D eigenvalue weighted by atomic mass is 9.94. The standard InChI is InChI=1S/C29H29F5O6S2/c1-19(29(33,34)42(35,36)37)40-22-9-15-25(16-10-22)41(24-13-7-21(8-14-24)28(30,31)32)23-11-5-20(6-12-23)27(4)38-17-26(2,3)18-39-27/h5-16,19H,17-18H2,1-4H3/p+1. The highest BCUT2D eigenvalue weighted by Crippen LogP contribution is 2.39. The maximum absolute atomic E-state index is 13.9. The lowest BCUT2D eigenvalue weighted by Gasteiger charge is -2.41. The molecular formula is C29H30F5O6S2+. The Morgan fingerprint density at radius 2 is 1.24 bits per heavy atom. The van der Waals surface area contributed by atoms with Crippen molar-refractivity contribution in [1.82, 2.24) is 0 Å². The Hall–Kier alpha value is -2.71. The molecule has 0 aromatic heterocycles. The Morgan fingerprint density at radius 1 is 0.810 bits per heavy atom. The van der Waals surface area contributed by atoms with Crippen LogP contribution in [0.15, 0.2) is 87.5 Å². The minimum atomic E-state index is -5.71. The number of benzene rings is 3. The molecule has 1 saturated heterocycles. The molecule has 0 radical (unpaired) electrons. The molecule has 0 bridgehead atoms. The molecule has 2 unspecified atom stereocenters. The zero-order valence-corrected chi connectivity index (χ0v) is 24.7. The van der Waals surface area contributed by atoms with Gasteiger partial charge in [-0.3, -0.25) is 4.55 Å². The monoisotopic (exact) mass is 633 g/mol. The van der Waals surface area contributed by atoms with Crippen molar-refractivity contribution in [3.63, 3.8) is 0 Å². The minimum absolute atomic E-state index is 0.0941. The molecule has 42 heavy (non-hydrogen) atoms. The number of alkyl halides is 5. The molecule has 0 spiro atoms. The Bertz CT molecular complexity index is 1480. The molecule has 3 aromatic carbocycles. The Kier molecular flexibility index (Phi) is 8.76. The summed E-state index contributed by atoms with van der Waals surface area (Å²) in [5.74, 6) is -1.07. The van der Waals surface area contributed by atoms with Crippen LogP contribution in [-0.4, -0.2) is 37.5 Å². The van der Waals surface area contributed by atoms with Gasteiger partial charge in [-0.2, -0.15) is 30.4 Å². The van der Waals surface area contributed by atoms with Gasteiger partial charge < -0.3 is 14.2 Å². The predicted molar refractivity (Wildman–Crippen MR) is 146 cm³/mol. The second-order valence-corrected chi connectivity index (χ2v) is 14.3. The van der Waals surface area contributed by atoms with Gasteiger partial charge in [0.15, 0.2) is 26.6 Å². The van der Waals surface area contributed by atoms with E-state index in [2.05, 4.69) is 0 Å². The van der Waals surface area contributed by atoms with E-state index >= 15 is 0 Å². The highest BCUT2D eigenvalue weighted by molar-refractivity contribution is 7.97. The summed E-state index contributed by atoms with van der Waals surface area (Å²) in [5.41, 5.74) is -0.176. The summed E-state index contributed by atoms with van der Waals surface area (Å²) < 4.78 is 116. The van der Waals surface area contributed by atoms with Crippen LogP contribution in [-0.2, 0) is 42.5 Å². The maximum Gasteiger partial charge on any atom is 0.416 e. The van der Waals surface area contributed by atoms with Gasteiger partial charge in [0.25, 0.3) is 0 Å². The molecule has 1 heterocycles. The van der Waals surface area contributed by atoms with Gasteiger partial charge in [0.1, 0.15) is 5.75 Å². The van der Waals surface area contributed by atoms with E-state index in [1.807, 2.05) is 45.0 Å². The van der Waals surface area contributed by atoms with Crippen molar-refractivity contribution in [1.29, 1.82) is 0 Å². The molecular weight excluding hydrogens is 603 g/mol. The average Bonchev–Trinajstić information content (AvgIpc) is 2.91. The highest BCUT2D eigenvalue weighted by atomic mass is 32.2. The summed E-state index contributed by atoms with van der Waals surface area (Å²) in [5, 5.41) is -4.55. The van der Waals surface area contributed by atoms with Crippen LogP contribution in [0, 0.1) is 5.41 Å². The number of hydrogen-bond acceptors (Lipinski definition) is 5. The fourth-order valence-electron chi connectivity index (χ4n) is 4.13. The smallest absolute Gasteiger partial charge is 0.416 e. The topological polar surface area (TPSA) is 82.1 Å². The van der Waals surface area contributed by atoms with Crippen LogP contribution in [0.25, 0.3) is 0 Å². The largest absolute Gasteiger partial charge is 0.483 e. The van der Waals surface area contributed by atoms with Crippen LogP contribution in [0.3, 0.4) is 0 Å². The molecule has 1 aliphatic rings. The first-order valence-electron chi connectivity index (χ1n) is 12.7. The normalized spacial score (nSPS) is 18.7. The lowest BCUT2D eigenvalue weighted by molar-refractivity contribution is -0.298. The second kappa shape index (κ2) is 11.4. The molecule has 228 valence electrons. The summed E-state index contributed by atoms with van der Waals surface area (Å²) in [7, 11) is -6.64. The molecule has 1 aliphatic heterocycles. The van der Waals surface area contributed by atoms with Crippen molar-refractivity contribution in [2.45, 2.75) is 65.7 Å². The first-order chi connectivity index (χ1) is 19.3. The van der Waals surface area contributed by atoms with Crippen LogP contribution < -0.4 is 4.74 Å².